The molecule has 1 atom stereocenters. The molecule has 0 unspecified atom stereocenters. The minimum absolute atomic E-state index is 0.375. The molecule has 0 bridgehead atoms. The zero-order valence-corrected chi connectivity index (χ0v) is 7.52. The van der Waals surface area contributed by atoms with E-state index in [2.05, 4.69) is 29.3 Å². The van der Waals surface area contributed by atoms with Gasteiger partial charge in [-0.2, -0.15) is 0 Å². The van der Waals surface area contributed by atoms with Crippen molar-refractivity contribution in [2.45, 2.75) is 18.9 Å². The van der Waals surface area contributed by atoms with E-state index in [1.54, 1.807) is 6.40 Å². The molecule has 2 heteroatoms. The van der Waals surface area contributed by atoms with Gasteiger partial charge in [-0.05, 0) is 18.4 Å². The van der Waals surface area contributed by atoms with Crippen LogP contribution in [0.3, 0.4) is 0 Å². The van der Waals surface area contributed by atoms with Gasteiger partial charge in [-0.15, -0.1) is 0 Å². The fourth-order valence-corrected chi connectivity index (χ4v) is 1.46. The molecule has 1 aromatic carbocycles. The Morgan fingerprint density at radius 1 is 1.31 bits per heavy atom. The summed E-state index contributed by atoms with van der Waals surface area (Å²) < 4.78 is 5.05. The smallest absolute Gasteiger partial charge is 0.169 e. The Morgan fingerprint density at radius 3 is 2.85 bits per heavy atom. The first-order chi connectivity index (χ1) is 6.45. The van der Waals surface area contributed by atoms with E-state index in [0.717, 1.165) is 19.4 Å². The highest BCUT2D eigenvalue weighted by Crippen LogP contribution is 2.09. The molecule has 0 saturated carbocycles. The average molecular weight is 175 g/mol. The van der Waals surface area contributed by atoms with Crippen molar-refractivity contribution in [3.05, 3.63) is 35.9 Å². The Kier molecular flexibility index (Phi) is 2.60. The molecule has 0 aliphatic carbocycles. The zero-order valence-electron chi connectivity index (χ0n) is 7.52. The van der Waals surface area contributed by atoms with Crippen molar-refractivity contribution < 1.29 is 4.74 Å². The molecule has 0 spiro atoms. The van der Waals surface area contributed by atoms with Crippen LogP contribution in [0, 0.1) is 0 Å². The molecule has 1 aliphatic rings. The third-order valence-corrected chi connectivity index (χ3v) is 2.24. The summed E-state index contributed by atoms with van der Waals surface area (Å²) in [6, 6.07) is 10.9. The third-order valence-electron chi connectivity index (χ3n) is 2.24. The molecule has 1 aliphatic heterocycles. The van der Waals surface area contributed by atoms with Crippen LogP contribution in [0.25, 0.3) is 0 Å². The van der Waals surface area contributed by atoms with Gasteiger partial charge < -0.3 is 4.74 Å². The number of hydrogen-bond donors (Lipinski definition) is 0. The molecule has 0 saturated heterocycles. The van der Waals surface area contributed by atoms with Crippen LogP contribution in [0.2, 0.25) is 0 Å². The fourth-order valence-electron chi connectivity index (χ4n) is 1.46. The Balaban J connectivity index is 1.82. The van der Waals surface area contributed by atoms with Gasteiger partial charge in [0.1, 0.15) is 6.61 Å². The van der Waals surface area contributed by atoms with Crippen molar-refractivity contribution in [3.63, 3.8) is 0 Å². The van der Waals surface area contributed by atoms with Crippen LogP contribution >= 0.6 is 0 Å². The van der Waals surface area contributed by atoms with E-state index in [4.69, 9.17) is 4.74 Å². The first-order valence-electron chi connectivity index (χ1n) is 4.62. The van der Waals surface area contributed by atoms with Gasteiger partial charge in [0.15, 0.2) is 6.40 Å². The maximum atomic E-state index is 5.05. The number of rotatable bonds is 3. The molecule has 2 nitrogen and oxygen atoms in total. The van der Waals surface area contributed by atoms with Gasteiger partial charge >= 0.3 is 0 Å². The second-order valence-corrected chi connectivity index (χ2v) is 3.27. The second-order valence-electron chi connectivity index (χ2n) is 3.27. The highest BCUT2D eigenvalue weighted by atomic mass is 16.5. The van der Waals surface area contributed by atoms with E-state index in [0.29, 0.717) is 6.04 Å². The van der Waals surface area contributed by atoms with E-state index >= 15 is 0 Å². The standard InChI is InChI=1S/C11H13NO/c1-2-4-10(5-3-1)6-7-11-8-13-9-12-11/h1-5,9,11H,6-8H2/t11-/m1/s1. The van der Waals surface area contributed by atoms with Crippen LogP contribution in [0.1, 0.15) is 12.0 Å². The topological polar surface area (TPSA) is 21.6 Å². The van der Waals surface area contributed by atoms with Gasteiger partial charge in [0.25, 0.3) is 0 Å². The van der Waals surface area contributed by atoms with Crippen LogP contribution in [0.4, 0.5) is 0 Å². The molecule has 1 aromatic rings. The lowest BCUT2D eigenvalue weighted by atomic mass is 10.1. The van der Waals surface area contributed by atoms with Crippen molar-refractivity contribution in [1.82, 2.24) is 0 Å². The zero-order chi connectivity index (χ0) is 8.93. The Labute approximate surface area is 78.3 Å². The van der Waals surface area contributed by atoms with Gasteiger partial charge in [0, 0.05) is 0 Å². The van der Waals surface area contributed by atoms with Crippen LogP contribution in [0.5, 0.6) is 0 Å². The summed E-state index contributed by atoms with van der Waals surface area (Å²) in [5.41, 5.74) is 1.38. The maximum absolute atomic E-state index is 5.05. The number of hydrogen-bond acceptors (Lipinski definition) is 2. The molecule has 0 aromatic heterocycles. The fraction of sp³-hybridized carbons (Fsp3) is 0.364. The minimum atomic E-state index is 0.375. The summed E-state index contributed by atoms with van der Waals surface area (Å²) >= 11 is 0. The quantitative estimate of drug-likeness (QED) is 0.689. The molecule has 13 heavy (non-hydrogen) atoms. The highest BCUT2D eigenvalue weighted by Gasteiger charge is 2.10. The first-order valence-corrected chi connectivity index (χ1v) is 4.62. The van der Waals surface area contributed by atoms with Crippen molar-refractivity contribution in [1.29, 1.82) is 0 Å². The molecule has 2 rings (SSSR count). The van der Waals surface area contributed by atoms with Gasteiger partial charge in [-0.1, -0.05) is 30.3 Å². The van der Waals surface area contributed by atoms with Crippen LogP contribution in [0.15, 0.2) is 35.3 Å². The monoisotopic (exact) mass is 175 g/mol. The van der Waals surface area contributed by atoms with E-state index < -0.39 is 0 Å². The van der Waals surface area contributed by atoms with Crippen molar-refractivity contribution >= 4 is 6.40 Å². The Hall–Kier alpha value is -1.31. The van der Waals surface area contributed by atoms with E-state index in [1.807, 2.05) is 6.07 Å². The average Bonchev–Trinajstić information content (AvgIpc) is 2.69. The summed E-state index contributed by atoms with van der Waals surface area (Å²) in [5.74, 6) is 0. The molecule has 1 heterocycles. The van der Waals surface area contributed by atoms with Gasteiger partial charge in [0.2, 0.25) is 0 Å². The summed E-state index contributed by atoms with van der Waals surface area (Å²) in [7, 11) is 0. The molecule has 0 amide bonds. The Morgan fingerprint density at radius 2 is 2.15 bits per heavy atom. The molecular formula is C11H13NO. The summed E-state index contributed by atoms with van der Waals surface area (Å²) in [6.07, 6.45) is 3.74. The molecule has 0 fully saturated rings. The third kappa shape index (κ3) is 2.31. The van der Waals surface area contributed by atoms with Gasteiger partial charge in [-0.25, -0.2) is 0 Å². The van der Waals surface area contributed by atoms with Crippen LogP contribution < -0.4 is 0 Å². The number of benzene rings is 1. The number of nitrogens with zero attached hydrogens (tertiary/aromatic N) is 1. The predicted octanol–water partition coefficient (Wildman–Crippen LogP) is 2.05. The molecule has 0 N–H and O–H groups in total. The SMILES string of the molecule is C1=N[C@H](CCc2ccccc2)CO1. The second kappa shape index (κ2) is 4.08. The van der Waals surface area contributed by atoms with E-state index in [1.165, 1.54) is 5.56 Å². The Bertz CT molecular complexity index is 281. The van der Waals surface area contributed by atoms with Crippen LogP contribution in [-0.4, -0.2) is 19.0 Å². The van der Waals surface area contributed by atoms with Crippen molar-refractivity contribution in [2.75, 3.05) is 6.61 Å². The van der Waals surface area contributed by atoms with Gasteiger partial charge in [0.05, 0.1) is 6.04 Å². The minimum Gasteiger partial charge on any atom is -0.481 e. The predicted molar refractivity (Wildman–Crippen MR) is 53.0 cm³/mol. The number of aliphatic imine (C=N–C) groups is 1. The lowest BCUT2D eigenvalue weighted by Crippen LogP contribution is -2.07. The largest absolute Gasteiger partial charge is 0.481 e. The molecular weight excluding hydrogens is 162 g/mol. The lowest BCUT2D eigenvalue weighted by molar-refractivity contribution is 0.322. The van der Waals surface area contributed by atoms with Gasteiger partial charge in [-0.3, -0.25) is 4.99 Å². The molecule has 68 valence electrons. The van der Waals surface area contributed by atoms with E-state index in [9.17, 15) is 0 Å². The normalized spacial score (nSPS) is 20.2. The summed E-state index contributed by atoms with van der Waals surface area (Å²) in [4.78, 5) is 4.20. The van der Waals surface area contributed by atoms with Crippen molar-refractivity contribution in [2.24, 2.45) is 4.99 Å². The van der Waals surface area contributed by atoms with Crippen molar-refractivity contribution in [3.8, 4) is 0 Å². The lowest BCUT2D eigenvalue weighted by Gasteiger charge is -2.04. The van der Waals surface area contributed by atoms with Crippen LogP contribution in [-0.2, 0) is 11.2 Å². The molecule has 0 radical (unpaired) electrons. The maximum Gasteiger partial charge on any atom is 0.169 e. The number of aryl methyl sites for hydroxylation is 1. The van der Waals surface area contributed by atoms with E-state index in [-0.39, 0.29) is 0 Å². The first kappa shape index (κ1) is 8.30. The summed E-state index contributed by atoms with van der Waals surface area (Å²) in [6.45, 7) is 0.757. The summed E-state index contributed by atoms with van der Waals surface area (Å²) in [5, 5.41) is 0. The number of ether oxygens (including phenoxy) is 1. The highest BCUT2D eigenvalue weighted by molar-refractivity contribution is 5.48.